The topological polar surface area (TPSA) is 30.9 Å². The third-order valence-electron chi connectivity index (χ3n) is 4.92. The molecule has 0 aromatic heterocycles. The van der Waals surface area contributed by atoms with Gasteiger partial charge in [-0.1, -0.05) is 18.2 Å². The number of benzene rings is 2. The molecule has 0 spiro atoms. The molecule has 0 radical (unpaired) electrons. The third kappa shape index (κ3) is 6.37. The lowest BCUT2D eigenvalue weighted by Crippen LogP contribution is -2.36. The van der Waals surface area contributed by atoms with Gasteiger partial charge in [0.25, 0.3) is 0 Å². The third-order valence-corrected chi connectivity index (χ3v) is 4.92. The molecule has 0 bridgehead atoms. The fourth-order valence-electron chi connectivity index (χ4n) is 3.32. The molecule has 0 N–H and O–H groups in total. The van der Waals surface area contributed by atoms with Gasteiger partial charge in [-0.25, -0.2) is 0 Å². The average molecular weight is 409 g/mol. The van der Waals surface area contributed by atoms with E-state index < -0.39 is 11.7 Å². The Morgan fingerprint density at radius 3 is 2.52 bits per heavy atom. The van der Waals surface area contributed by atoms with Crippen LogP contribution in [0.15, 0.2) is 42.5 Å². The lowest BCUT2D eigenvalue weighted by molar-refractivity contribution is -0.137. The van der Waals surface area contributed by atoms with Gasteiger partial charge in [-0.2, -0.15) is 13.2 Å². The molecular weight excluding hydrogens is 383 g/mol. The molecular formula is C22H26F3NO3. The molecule has 4 nitrogen and oxygen atoms in total. The predicted octanol–water partition coefficient (Wildman–Crippen LogP) is 4.56. The second-order valence-electron chi connectivity index (χ2n) is 7.03. The largest absolute Gasteiger partial charge is 0.493 e. The molecule has 1 aliphatic heterocycles. The molecule has 3 rings (SSSR count). The van der Waals surface area contributed by atoms with Crippen LogP contribution < -0.4 is 9.47 Å². The molecule has 29 heavy (non-hydrogen) atoms. The Morgan fingerprint density at radius 2 is 1.79 bits per heavy atom. The summed E-state index contributed by atoms with van der Waals surface area (Å²) < 4.78 is 55.2. The monoisotopic (exact) mass is 409 g/mol. The molecule has 7 heteroatoms. The molecule has 2 aromatic rings. The van der Waals surface area contributed by atoms with E-state index in [1.165, 1.54) is 6.07 Å². The van der Waals surface area contributed by atoms with Crippen molar-refractivity contribution in [2.24, 2.45) is 0 Å². The smallest absolute Gasteiger partial charge is 0.416 e. The first-order chi connectivity index (χ1) is 14.0. The van der Waals surface area contributed by atoms with Crippen LogP contribution in [0.5, 0.6) is 11.5 Å². The van der Waals surface area contributed by atoms with Gasteiger partial charge < -0.3 is 14.2 Å². The van der Waals surface area contributed by atoms with E-state index in [9.17, 15) is 13.2 Å². The van der Waals surface area contributed by atoms with Crippen LogP contribution in [0.2, 0.25) is 0 Å². The Balaban J connectivity index is 1.60. The first kappa shape index (κ1) is 21.5. The molecule has 1 saturated heterocycles. The molecule has 158 valence electrons. The summed E-state index contributed by atoms with van der Waals surface area (Å²) in [4.78, 5) is 2.39. The van der Waals surface area contributed by atoms with Crippen molar-refractivity contribution in [2.45, 2.75) is 25.6 Å². The van der Waals surface area contributed by atoms with E-state index in [-0.39, 0.29) is 6.61 Å². The fourth-order valence-corrected chi connectivity index (χ4v) is 3.32. The normalized spacial score (nSPS) is 15.3. The summed E-state index contributed by atoms with van der Waals surface area (Å²) in [6.45, 7) is 4.56. The molecule has 1 heterocycles. The summed E-state index contributed by atoms with van der Waals surface area (Å²) in [6.07, 6.45) is -2.46. The zero-order valence-corrected chi connectivity index (χ0v) is 16.5. The number of rotatable bonds is 8. The van der Waals surface area contributed by atoms with Crippen molar-refractivity contribution >= 4 is 0 Å². The second-order valence-corrected chi connectivity index (χ2v) is 7.03. The number of methoxy groups -OCH3 is 1. The van der Waals surface area contributed by atoms with Gasteiger partial charge in [-0.3, -0.25) is 4.90 Å². The van der Waals surface area contributed by atoms with Gasteiger partial charge in [-0.15, -0.1) is 0 Å². The first-order valence-electron chi connectivity index (χ1n) is 9.71. The van der Waals surface area contributed by atoms with Crippen molar-refractivity contribution in [2.75, 3.05) is 40.0 Å². The maximum atomic E-state index is 12.9. The quantitative estimate of drug-likeness (QED) is 0.640. The zero-order chi connectivity index (χ0) is 20.7. The van der Waals surface area contributed by atoms with Gasteiger partial charge in [0.05, 0.1) is 25.9 Å². The summed E-state index contributed by atoms with van der Waals surface area (Å²) in [5.41, 5.74) is 0.889. The minimum Gasteiger partial charge on any atom is -0.493 e. The predicted molar refractivity (Wildman–Crippen MR) is 104 cm³/mol. The molecule has 0 unspecified atom stereocenters. The highest BCUT2D eigenvalue weighted by Crippen LogP contribution is 2.31. The van der Waals surface area contributed by atoms with Crippen molar-refractivity contribution < 1.29 is 27.4 Å². The first-order valence-corrected chi connectivity index (χ1v) is 9.71. The molecule has 0 saturated carbocycles. The zero-order valence-electron chi connectivity index (χ0n) is 16.5. The number of aryl methyl sites for hydroxylation is 1. The SMILES string of the molecule is COc1ccc(CCCN2CCOCC2)cc1OCc1cccc(C(F)(F)F)c1. The molecule has 1 fully saturated rings. The minimum absolute atomic E-state index is 0.0392. The van der Waals surface area contributed by atoms with Gasteiger partial charge in [0, 0.05) is 13.1 Å². The van der Waals surface area contributed by atoms with Crippen LogP contribution >= 0.6 is 0 Å². The summed E-state index contributed by atoms with van der Waals surface area (Å²) in [5.74, 6) is 1.10. The lowest BCUT2D eigenvalue weighted by atomic mass is 10.1. The van der Waals surface area contributed by atoms with Crippen LogP contribution in [0.3, 0.4) is 0 Å². The number of alkyl halides is 3. The highest BCUT2D eigenvalue weighted by Gasteiger charge is 2.30. The second kappa shape index (κ2) is 9.98. The van der Waals surface area contributed by atoms with E-state index in [1.54, 1.807) is 13.2 Å². The maximum Gasteiger partial charge on any atom is 0.416 e. The Kier molecular flexibility index (Phi) is 7.39. The van der Waals surface area contributed by atoms with Crippen molar-refractivity contribution in [3.8, 4) is 11.5 Å². The van der Waals surface area contributed by atoms with Crippen molar-refractivity contribution in [1.29, 1.82) is 0 Å². The Hall–Kier alpha value is -2.25. The van der Waals surface area contributed by atoms with Crippen LogP contribution in [0.4, 0.5) is 13.2 Å². The van der Waals surface area contributed by atoms with Crippen molar-refractivity contribution in [3.05, 3.63) is 59.2 Å². The summed E-state index contributed by atoms with van der Waals surface area (Å²) in [5, 5.41) is 0. The van der Waals surface area contributed by atoms with E-state index in [1.807, 2.05) is 18.2 Å². The Labute approximate surface area is 169 Å². The van der Waals surface area contributed by atoms with Crippen LogP contribution in [-0.4, -0.2) is 44.9 Å². The highest BCUT2D eigenvalue weighted by atomic mass is 19.4. The molecule has 0 amide bonds. The molecule has 2 aromatic carbocycles. The van der Waals surface area contributed by atoms with Gasteiger partial charge in [0.15, 0.2) is 11.5 Å². The summed E-state index contributed by atoms with van der Waals surface area (Å²) in [7, 11) is 1.55. The van der Waals surface area contributed by atoms with E-state index in [0.29, 0.717) is 17.1 Å². The number of nitrogens with zero attached hydrogens (tertiary/aromatic N) is 1. The Bertz CT molecular complexity index is 789. The molecule has 0 aliphatic carbocycles. The van der Waals surface area contributed by atoms with Crippen molar-refractivity contribution in [3.63, 3.8) is 0 Å². The molecule has 0 atom stereocenters. The summed E-state index contributed by atoms with van der Waals surface area (Å²) >= 11 is 0. The number of hydrogen-bond acceptors (Lipinski definition) is 4. The van der Waals surface area contributed by atoms with E-state index in [2.05, 4.69) is 4.90 Å². The molecule has 1 aliphatic rings. The standard InChI is InChI=1S/C22H26F3NO3/c1-27-20-8-7-17(5-3-9-26-10-12-28-13-11-26)15-21(20)29-16-18-4-2-6-19(14-18)22(23,24)25/h2,4,6-8,14-15H,3,5,9-13,16H2,1H3. The van der Waals surface area contributed by atoms with Crippen LogP contribution in [0, 0.1) is 0 Å². The highest BCUT2D eigenvalue weighted by molar-refractivity contribution is 5.43. The average Bonchev–Trinajstić information content (AvgIpc) is 2.73. The van der Waals surface area contributed by atoms with E-state index in [4.69, 9.17) is 14.2 Å². The van der Waals surface area contributed by atoms with Crippen LogP contribution in [-0.2, 0) is 23.9 Å². The van der Waals surface area contributed by atoms with Gasteiger partial charge in [0.1, 0.15) is 6.61 Å². The lowest BCUT2D eigenvalue weighted by Gasteiger charge is -2.26. The Morgan fingerprint density at radius 1 is 1.00 bits per heavy atom. The van der Waals surface area contributed by atoms with Gasteiger partial charge >= 0.3 is 6.18 Å². The fraction of sp³-hybridized carbons (Fsp3) is 0.455. The number of hydrogen-bond donors (Lipinski definition) is 0. The number of ether oxygens (including phenoxy) is 3. The summed E-state index contributed by atoms with van der Waals surface area (Å²) in [6, 6.07) is 10.9. The minimum atomic E-state index is -4.37. The van der Waals surface area contributed by atoms with Gasteiger partial charge in [-0.05, 0) is 54.8 Å². The number of morpholine rings is 1. The van der Waals surface area contributed by atoms with Crippen molar-refractivity contribution in [1.82, 2.24) is 4.90 Å². The van der Waals surface area contributed by atoms with Crippen LogP contribution in [0.1, 0.15) is 23.1 Å². The van der Waals surface area contributed by atoms with E-state index >= 15 is 0 Å². The van der Waals surface area contributed by atoms with Crippen LogP contribution in [0.25, 0.3) is 0 Å². The maximum absolute atomic E-state index is 12.9. The van der Waals surface area contributed by atoms with Gasteiger partial charge in [0.2, 0.25) is 0 Å². The van der Waals surface area contributed by atoms with E-state index in [0.717, 1.165) is 63.4 Å². The number of halogens is 3.